The van der Waals surface area contributed by atoms with Gasteiger partial charge in [0.05, 0.1) is 18.0 Å². The summed E-state index contributed by atoms with van der Waals surface area (Å²) < 4.78 is 7.35. The first-order valence-corrected chi connectivity index (χ1v) is 6.17. The second kappa shape index (κ2) is 4.38. The van der Waals surface area contributed by atoms with Crippen LogP contribution in [0.5, 0.6) is 11.6 Å². The minimum Gasteiger partial charge on any atom is -0.435 e. The average molecular weight is 257 g/mol. The quantitative estimate of drug-likeness (QED) is 0.642. The summed E-state index contributed by atoms with van der Waals surface area (Å²) in [6.07, 6.45) is 6.40. The topological polar surface area (TPSA) is 89.8 Å². The Kier molecular flexibility index (Phi) is 2.70. The molecule has 3 N–H and O–H groups in total. The molecule has 0 spiro atoms. The molecule has 0 saturated heterocycles. The number of rotatable bonds is 3. The Bertz CT molecular complexity index is 646. The summed E-state index contributed by atoms with van der Waals surface area (Å²) in [7, 11) is 1.81. The summed E-state index contributed by atoms with van der Waals surface area (Å²) in [5, 5.41) is 11.7. The number of nitrogen functional groups attached to an aromatic ring is 1. The molecule has 0 fully saturated rings. The van der Waals surface area contributed by atoms with Crippen LogP contribution in [0.1, 0.15) is 23.2 Å². The maximum absolute atomic E-state index is 7.65. The molecule has 19 heavy (non-hydrogen) atoms. The van der Waals surface area contributed by atoms with Crippen molar-refractivity contribution in [1.29, 1.82) is 5.41 Å². The Morgan fingerprint density at radius 3 is 3.00 bits per heavy atom. The van der Waals surface area contributed by atoms with Crippen molar-refractivity contribution in [3.05, 3.63) is 35.3 Å². The number of nitrogens with zero attached hydrogens (tertiary/aromatic N) is 3. The zero-order valence-corrected chi connectivity index (χ0v) is 10.7. The fourth-order valence-electron chi connectivity index (χ4n) is 2.29. The Morgan fingerprint density at radius 2 is 2.32 bits per heavy atom. The fraction of sp³-hybridized carbons (Fsp3) is 0.308. The molecule has 2 aromatic rings. The van der Waals surface area contributed by atoms with Crippen LogP contribution in [0, 0.1) is 5.41 Å². The zero-order chi connectivity index (χ0) is 13.4. The molecule has 2 aromatic heterocycles. The summed E-state index contributed by atoms with van der Waals surface area (Å²) in [5.41, 5.74) is 8.37. The van der Waals surface area contributed by atoms with E-state index in [1.807, 2.05) is 13.1 Å². The molecule has 0 bridgehead atoms. The van der Waals surface area contributed by atoms with Gasteiger partial charge >= 0.3 is 0 Å². The van der Waals surface area contributed by atoms with Crippen molar-refractivity contribution < 1.29 is 4.74 Å². The smallest absolute Gasteiger partial charge is 0.230 e. The van der Waals surface area contributed by atoms with Crippen molar-refractivity contribution in [2.75, 3.05) is 0 Å². The summed E-state index contributed by atoms with van der Waals surface area (Å²) in [4.78, 5) is 4.50. The highest BCUT2D eigenvalue weighted by atomic mass is 16.5. The average Bonchev–Trinajstić information content (AvgIpc) is 2.96. The number of nitrogens with one attached hydrogen (secondary N) is 1. The summed E-state index contributed by atoms with van der Waals surface area (Å²) >= 11 is 0. The highest BCUT2D eigenvalue weighted by Crippen LogP contribution is 2.29. The number of ether oxygens (including phenoxy) is 1. The predicted octanol–water partition coefficient (Wildman–Crippen LogP) is 1.38. The number of pyridine rings is 1. The number of aromatic nitrogens is 3. The van der Waals surface area contributed by atoms with Crippen LogP contribution in [-0.2, 0) is 19.9 Å². The highest BCUT2D eigenvalue weighted by molar-refractivity contribution is 5.97. The van der Waals surface area contributed by atoms with Gasteiger partial charge in [0.25, 0.3) is 0 Å². The lowest BCUT2D eigenvalue weighted by Crippen LogP contribution is -2.14. The van der Waals surface area contributed by atoms with Gasteiger partial charge in [-0.1, -0.05) is 0 Å². The molecule has 1 aliphatic carbocycles. The van der Waals surface area contributed by atoms with Gasteiger partial charge in [-0.2, -0.15) is 5.10 Å². The molecule has 0 aliphatic heterocycles. The Labute approximate surface area is 110 Å². The third kappa shape index (κ3) is 2.16. The standard InChI is InChI=1S/C13H15N5O/c1-18-7-9(6-16-18)19-13-10(12(14)15)5-8-3-2-4-11(8)17-13/h5-7H,2-4H2,1H3,(H3,14,15). The fourth-order valence-corrected chi connectivity index (χ4v) is 2.29. The monoisotopic (exact) mass is 257 g/mol. The van der Waals surface area contributed by atoms with E-state index in [0.29, 0.717) is 17.2 Å². The van der Waals surface area contributed by atoms with E-state index in [1.54, 1.807) is 17.1 Å². The van der Waals surface area contributed by atoms with E-state index in [2.05, 4.69) is 10.1 Å². The first kappa shape index (κ1) is 11.7. The predicted molar refractivity (Wildman–Crippen MR) is 70.6 cm³/mol. The molecule has 0 aromatic carbocycles. The third-order valence-corrected chi connectivity index (χ3v) is 3.20. The van der Waals surface area contributed by atoms with Crippen LogP contribution < -0.4 is 10.5 Å². The number of hydrogen-bond donors (Lipinski definition) is 2. The van der Waals surface area contributed by atoms with Gasteiger partial charge < -0.3 is 10.5 Å². The van der Waals surface area contributed by atoms with Crippen LogP contribution in [0.25, 0.3) is 0 Å². The molecular formula is C13H15N5O. The second-order valence-corrected chi connectivity index (χ2v) is 4.67. The normalized spacial score (nSPS) is 13.3. The minimum absolute atomic E-state index is 0.0268. The first-order valence-electron chi connectivity index (χ1n) is 6.17. The van der Waals surface area contributed by atoms with Crippen molar-refractivity contribution in [3.63, 3.8) is 0 Å². The molecule has 3 rings (SSSR count). The van der Waals surface area contributed by atoms with Crippen molar-refractivity contribution in [2.45, 2.75) is 19.3 Å². The van der Waals surface area contributed by atoms with Gasteiger partial charge in [-0.25, -0.2) is 4.98 Å². The Morgan fingerprint density at radius 1 is 1.47 bits per heavy atom. The highest BCUT2D eigenvalue weighted by Gasteiger charge is 2.19. The molecule has 2 heterocycles. The van der Waals surface area contributed by atoms with Crippen molar-refractivity contribution in [2.24, 2.45) is 12.8 Å². The molecule has 0 saturated carbocycles. The zero-order valence-electron chi connectivity index (χ0n) is 10.7. The van der Waals surface area contributed by atoms with Crippen molar-refractivity contribution >= 4 is 5.84 Å². The molecule has 0 atom stereocenters. The van der Waals surface area contributed by atoms with Gasteiger partial charge in [0.15, 0.2) is 5.75 Å². The summed E-state index contributed by atoms with van der Waals surface area (Å²) in [6.45, 7) is 0. The molecule has 1 aliphatic rings. The van der Waals surface area contributed by atoms with Gasteiger partial charge in [-0.3, -0.25) is 10.1 Å². The number of nitrogens with two attached hydrogens (primary N) is 1. The lowest BCUT2D eigenvalue weighted by molar-refractivity contribution is 0.459. The van der Waals surface area contributed by atoms with E-state index in [-0.39, 0.29) is 5.84 Å². The summed E-state index contributed by atoms with van der Waals surface area (Å²) in [6, 6.07) is 1.92. The van der Waals surface area contributed by atoms with Crippen LogP contribution in [0.2, 0.25) is 0 Å². The number of hydrogen-bond acceptors (Lipinski definition) is 4. The van der Waals surface area contributed by atoms with Crippen molar-refractivity contribution in [3.8, 4) is 11.6 Å². The van der Waals surface area contributed by atoms with E-state index in [9.17, 15) is 0 Å². The van der Waals surface area contributed by atoms with E-state index in [0.717, 1.165) is 25.0 Å². The summed E-state index contributed by atoms with van der Waals surface area (Å²) in [5.74, 6) is 0.956. The Hall–Kier alpha value is -2.37. The lowest BCUT2D eigenvalue weighted by Gasteiger charge is -2.10. The molecule has 0 unspecified atom stereocenters. The molecule has 6 heteroatoms. The maximum Gasteiger partial charge on any atom is 0.230 e. The largest absolute Gasteiger partial charge is 0.435 e. The van der Waals surface area contributed by atoms with E-state index in [4.69, 9.17) is 15.9 Å². The van der Waals surface area contributed by atoms with Gasteiger partial charge in [-0.05, 0) is 30.9 Å². The minimum atomic E-state index is -0.0268. The first-order chi connectivity index (χ1) is 9.13. The van der Waals surface area contributed by atoms with E-state index >= 15 is 0 Å². The molecule has 98 valence electrons. The SMILES string of the molecule is Cn1cc(Oc2nc3c(cc2C(=N)N)CCC3)cn1. The number of amidine groups is 1. The van der Waals surface area contributed by atoms with Crippen LogP contribution in [0.3, 0.4) is 0 Å². The second-order valence-electron chi connectivity index (χ2n) is 4.67. The Balaban J connectivity index is 2.01. The molecule has 0 radical (unpaired) electrons. The number of aryl methyl sites for hydroxylation is 3. The van der Waals surface area contributed by atoms with Crippen LogP contribution in [0.15, 0.2) is 18.5 Å². The van der Waals surface area contributed by atoms with Gasteiger partial charge in [0.2, 0.25) is 5.88 Å². The van der Waals surface area contributed by atoms with E-state index in [1.165, 1.54) is 5.56 Å². The van der Waals surface area contributed by atoms with Crippen molar-refractivity contribution in [1.82, 2.24) is 14.8 Å². The number of fused-ring (bicyclic) bond motifs is 1. The molecule has 6 nitrogen and oxygen atoms in total. The van der Waals surface area contributed by atoms with Gasteiger partial charge in [-0.15, -0.1) is 0 Å². The van der Waals surface area contributed by atoms with Gasteiger partial charge in [0.1, 0.15) is 5.84 Å². The van der Waals surface area contributed by atoms with E-state index < -0.39 is 0 Å². The maximum atomic E-state index is 7.65. The van der Waals surface area contributed by atoms with Crippen LogP contribution in [0.4, 0.5) is 0 Å². The molecule has 0 amide bonds. The van der Waals surface area contributed by atoms with Crippen LogP contribution >= 0.6 is 0 Å². The van der Waals surface area contributed by atoms with Crippen LogP contribution in [-0.4, -0.2) is 20.6 Å². The van der Waals surface area contributed by atoms with Gasteiger partial charge in [0, 0.05) is 12.7 Å². The molecular weight excluding hydrogens is 242 g/mol. The lowest BCUT2D eigenvalue weighted by atomic mass is 10.1. The third-order valence-electron chi connectivity index (χ3n) is 3.20.